The van der Waals surface area contributed by atoms with Crippen molar-refractivity contribution in [1.82, 2.24) is 9.97 Å². The number of rotatable bonds is 5. The molecule has 5 rings (SSSR count). The van der Waals surface area contributed by atoms with Crippen LogP contribution in [0.1, 0.15) is 92.8 Å². The highest BCUT2D eigenvalue weighted by Gasteiger charge is 2.55. The normalized spacial score (nSPS) is 32.5. The highest BCUT2D eigenvalue weighted by Crippen LogP contribution is 2.52. The molecule has 1 unspecified atom stereocenters. The average molecular weight is 463 g/mol. The number of aromatic nitrogens is 2. The van der Waals surface area contributed by atoms with Crippen LogP contribution in [-0.4, -0.2) is 33.1 Å². The number of allylic oxidation sites excluding steroid dienone is 2. The molecular formula is C29H38N2O3. The third-order valence-electron chi connectivity index (χ3n) is 8.80. The van der Waals surface area contributed by atoms with Crippen LogP contribution in [0.3, 0.4) is 0 Å². The number of Topliss-reactive ketones (excluding diaryl/α,β-unsaturated/α-hetero) is 1. The molecule has 34 heavy (non-hydrogen) atoms. The zero-order chi connectivity index (χ0) is 24.3. The molecule has 2 aromatic rings. The molecule has 5 heteroatoms. The van der Waals surface area contributed by atoms with Crippen molar-refractivity contribution < 1.29 is 14.6 Å². The van der Waals surface area contributed by atoms with E-state index in [1.807, 2.05) is 13.0 Å². The second-order valence-corrected chi connectivity index (χ2v) is 11.7. The Morgan fingerprint density at radius 2 is 1.91 bits per heavy atom. The van der Waals surface area contributed by atoms with E-state index in [0.29, 0.717) is 17.7 Å². The molecule has 0 saturated carbocycles. The van der Waals surface area contributed by atoms with Crippen LogP contribution >= 0.6 is 0 Å². The maximum absolute atomic E-state index is 13.0. The number of imidazole rings is 1. The van der Waals surface area contributed by atoms with E-state index in [9.17, 15) is 9.90 Å². The Balaban J connectivity index is 1.55. The quantitative estimate of drug-likeness (QED) is 0.554. The van der Waals surface area contributed by atoms with E-state index in [4.69, 9.17) is 4.74 Å². The van der Waals surface area contributed by atoms with Gasteiger partial charge in [-0.25, -0.2) is 4.98 Å². The number of H-pyrrole nitrogens is 1. The highest BCUT2D eigenvalue weighted by molar-refractivity contribution is 5.95. The van der Waals surface area contributed by atoms with Crippen molar-refractivity contribution in [3.05, 3.63) is 58.7 Å². The van der Waals surface area contributed by atoms with Gasteiger partial charge in [-0.05, 0) is 72.8 Å². The number of aryl methyl sites for hydroxylation is 1. The lowest BCUT2D eigenvalue weighted by Gasteiger charge is -2.47. The zero-order valence-electron chi connectivity index (χ0n) is 21.1. The number of hydrogen-bond acceptors (Lipinski definition) is 4. The van der Waals surface area contributed by atoms with E-state index in [1.54, 1.807) is 6.20 Å². The summed E-state index contributed by atoms with van der Waals surface area (Å²) in [5.41, 5.74) is 4.61. The third-order valence-corrected chi connectivity index (χ3v) is 8.80. The molecule has 182 valence electrons. The van der Waals surface area contributed by atoms with Gasteiger partial charge in [0.1, 0.15) is 0 Å². The van der Waals surface area contributed by atoms with Crippen LogP contribution in [0.2, 0.25) is 0 Å². The second-order valence-electron chi connectivity index (χ2n) is 11.7. The fraction of sp³-hybridized carbons (Fsp3) is 0.586. The molecule has 1 aromatic carbocycles. The van der Waals surface area contributed by atoms with Crippen molar-refractivity contribution in [2.75, 3.05) is 0 Å². The molecule has 2 saturated heterocycles. The molecule has 5 atom stereocenters. The summed E-state index contributed by atoms with van der Waals surface area (Å²) in [6, 6.07) is 6.29. The minimum atomic E-state index is -0.937. The Bertz CT molecular complexity index is 1110. The van der Waals surface area contributed by atoms with Crippen molar-refractivity contribution in [1.29, 1.82) is 0 Å². The van der Waals surface area contributed by atoms with Crippen molar-refractivity contribution in [3.63, 3.8) is 0 Å². The molecular weight excluding hydrogens is 424 g/mol. The van der Waals surface area contributed by atoms with E-state index in [1.165, 1.54) is 5.57 Å². The summed E-state index contributed by atoms with van der Waals surface area (Å²) < 4.78 is 6.21. The molecule has 2 aliphatic heterocycles. The molecule has 3 heterocycles. The molecule has 3 aliphatic rings. The van der Waals surface area contributed by atoms with Crippen molar-refractivity contribution >= 4 is 11.4 Å². The minimum absolute atomic E-state index is 0.0107. The number of carbonyl (C=O) groups excluding carboxylic acids is 1. The first kappa shape index (κ1) is 23.5. The number of hydrogen-bond donors (Lipinski definition) is 2. The summed E-state index contributed by atoms with van der Waals surface area (Å²) in [6.07, 6.45) is 9.69. The summed E-state index contributed by atoms with van der Waals surface area (Å²) >= 11 is 0. The maximum Gasteiger partial charge on any atom is 0.202 e. The number of fused-ring (bicyclic) bond motifs is 2. The van der Waals surface area contributed by atoms with Gasteiger partial charge in [-0.3, -0.25) is 4.79 Å². The molecule has 0 spiro atoms. The first-order chi connectivity index (χ1) is 16.1. The predicted octanol–water partition coefficient (Wildman–Crippen LogP) is 5.76. The van der Waals surface area contributed by atoms with Gasteiger partial charge >= 0.3 is 0 Å². The number of aromatic amines is 1. The largest absolute Gasteiger partial charge is 0.384 e. The summed E-state index contributed by atoms with van der Waals surface area (Å²) in [5, 5.41) is 12.1. The molecule has 5 nitrogen and oxygen atoms in total. The molecule has 0 amide bonds. The van der Waals surface area contributed by atoms with E-state index in [0.717, 1.165) is 54.5 Å². The van der Waals surface area contributed by atoms with Crippen LogP contribution in [0.4, 0.5) is 0 Å². The lowest BCUT2D eigenvalue weighted by molar-refractivity contribution is -0.194. The van der Waals surface area contributed by atoms with E-state index in [2.05, 4.69) is 55.9 Å². The molecule has 1 aromatic heterocycles. The van der Waals surface area contributed by atoms with Gasteiger partial charge in [-0.2, -0.15) is 0 Å². The number of benzene rings is 1. The van der Waals surface area contributed by atoms with Crippen LogP contribution in [0.25, 0.3) is 5.57 Å². The molecule has 0 radical (unpaired) electrons. The Labute approximate surface area is 203 Å². The van der Waals surface area contributed by atoms with Gasteiger partial charge in [-0.15, -0.1) is 0 Å². The van der Waals surface area contributed by atoms with Crippen LogP contribution in [0.5, 0.6) is 0 Å². The SMILES string of the molecule is Cc1cnc(C(=O)Cc2ccc(C3(O)[C@H](C)[C@@H]4CC[C@@H](O4)[C@@H]3C)cc2C2=CCC(C)(C)CC2)[nH]1. The summed E-state index contributed by atoms with van der Waals surface area (Å²) in [6.45, 7) is 10.8. The number of ether oxygens (including phenoxy) is 1. The molecule has 2 N–H and O–H groups in total. The first-order valence-electron chi connectivity index (χ1n) is 12.8. The Hall–Kier alpha value is -2.24. The summed E-state index contributed by atoms with van der Waals surface area (Å²) in [5.74, 6) is 0.440. The smallest absolute Gasteiger partial charge is 0.202 e. The molecule has 1 aliphatic carbocycles. The lowest BCUT2D eigenvalue weighted by atomic mass is 9.68. The fourth-order valence-electron chi connectivity index (χ4n) is 6.34. The van der Waals surface area contributed by atoms with E-state index in [-0.39, 0.29) is 29.8 Å². The lowest BCUT2D eigenvalue weighted by Crippen LogP contribution is -2.52. The average Bonchev–Trinajstić information content (AvgIpc) is 3.45. The minimum Gasteiger partial charge on any atom is -0.384 e. The monoisotopic (exact) mass is 462 g/mol. The number of aliphatic hydroxyl groups is 1. The Morgan fingerprint density at radius 1 is 1.21 bits per heavy atom. The first-order valence-corrected chi connectivity index (χ1v) is 12.8. The Kier molecular flexibility index (Phi) is 5.84. The third kappa shape index (κ3) is 3.97. The fourth-order valence-corrected chi connectivity index (χ4v) is 6.34. The van der Waals surface area contributed by atoms with Crippen molar-refractivity contribution in [3.8, 4) is 0 Å². The van der Waals surface area contributed by atoms with Crippen molar-refractivity contribution in [2.24, 2.45) is 17.3 Å². The highest BCUT2D eigenvalue weighted by atomic mass is 16.5. The van der Waals surface area contributed by atoms with Crippen LogP contribution < -0.4 is 0 Å². The number of ketones is 1. The zero-order valence-corrected chi connectivity index (χ0v) is 21.1. The maximum atomic E-state index is 13.0. The van der Waals surface area contributed by atoms with Crippen LogP contribution in [0.15, 0.2) is 30.5 Å². The predicted molar refractivity (Wildman–Crippen MR) is 134 cm³/mol. The topological polar surface area (TPSA) is 75.2 Å². The van der Waals surface area contributed by atoms with Gasteiger partial charge in [0.05, 0.1) is 17.8 Å². The standard InChI is InChI=1S/C29H38N2O3/c1-17-16-30-27(31-17)24(32)14-21-6-7-22(15-23(21)20-10-12-28(4,5)13-11-20)29(33)18(2)25-8-9-26(34-25)19(29)3/h6-7,10,15-16,18-19,25-26,33H,8-9,11-14H2,1-5H3,(H,30,31)/t18-,19+,25+,26-,29?. The van der Waals surface area contributed by atoms with Gasteiger partial charge in [0.2, 0.25) is 5.78 Å². The second kappa shape index (κ2) is 8.46. The van der Waals surface area contributed by atoms with Crippen LogP contribution in [0, 0.1) is 24.2 Å². The summed E-state index contributed by atoms with van der Waals surface area (Å²) in [7, 11) is 0. The number of nitrogens with one attached hydrogen (secondary N) is 1. The molecule has 2 fully saturated rings. The van der Waals surface area contributed by atoms with Gasteiger partial charge in [0.15, 0.2) is 5.82 Å². The number of nitrogens with zero attached hydrogens (tertiary/aromatic N) is 1. The summed E-state index contributed by atoms with van der Waals surface area (Å²) in [4.78, 5) is 20.4. The van der Waals surface area contributed by atoms with Crippen molar-refractivity contribution in [2.45, 2.75) is 91.0 Å². The van der Waals surface area contributed by atoms with E-state index < -0.39 is 5.60 Å². The van der Waals surface area contributed by atoms with Crippen LogP contribution in [-0.2, 0) is 16.8 Å². The Morgan fingerprint density at radius 3 is 2.50 bits per heavy atom. The molecule has 2 bridgehead atoms. The number of carbonyl (C=O) groups is 1. The van der Waals surface area contributed by atoms with Gasteiger partial charge in [-0.1, -0.05) is 45.9 Å². The van der Waals surface area contributed by atoms with Gasteiger partial charge in [0, 0.05) is 30.1 Å². The van der Waals surface area contributed by atoms with Gasteiger partial charge < -0.3 is 14.8 Å². The van der Waals surface area contributed by atoms with E-state index >= 15 is 0 Å². The van der Waals surface area contributed by atoms with Gasteiger partial charge in [0.25, 0.3) is 0 Å².